The molecule has 0 aromatic heterocycles. The smallest absolute Gasteiger partial charge is 0.319 e. The van der Waals surface area contributed by atoms with Crippen LogP contribution in [0.1, 0.15) is 20.8 Å². The van der Waals surface area contributed by atoms with Crippen LogP contribution in [0.3, 0.4) is 0 Å². The first kappa shape index (κ1) is 13.8. The maximum absolute atomic E-state index is 13.5. The van der Waals surface area contributed by atoms with Gasteiger partial charge in [-0.3, -0.25) is 4.79 Å². The molecule has 1 rings (SSSR count). The molecule has 1 N–H and O–H groups in total. The lowest BCUT2D eigenvalue weighted by Gasteiger charge is -2.18. The highest BCUT2D eigenvalue weighted by Gasteiger charge is 2.28. The second-order valence-electron chi connectivity index (χ2n) is 3.94. The molecule has 0 saturated heterocycles. The third-order valence-corrected chi connectivity index (χ3v) is 3.27. The third-order valence-electron chi connectivity index (χ3n) is 2.09. The zero-order chi connectivity index (χ0) is 13.1. The van der Waals surface area contributed by atoms with E-state index in [9.17, 15) is 9.18 Å². The van der Waals surface area contributed by atoms with Crippen LogP contribution < -0.4 is 4.74 Å². The van der Waals surface area contributed by atoms with Crippen LogP contribution in [0.4, 0.5) is 4.39 Å². The van der Waals surface area contributed by atoms with Crippen LogP contribution in [0.15, 0.2) is 23.1 Å². The van der Waals surface area contributed by atoms with Crippen molar-refractivity contribution in [3.63, 3.8) is 0 Å². The number of carboxylic acid groups (broad SMARTS) is 1. The highest BCUT2D eigenvalue weighted by atomic mass is 32.2. The SMILES string of the molecule is CCOc1ccc(SC(C)(C)C(=O)O)cc1F. The van der Waals surface area contributed by atoms with E-state index in [-0.39, 0.29) is 5.75 Å². The summed E-state index contributed by atoms with van der Waals surface area (Å²) in [5.74, 6) is -1.22. The Hall–Kier alpha value is -1.23. The first-order chi connectivity index (χ1) is 7.86. The van der Waals surface area contributed by atoms with Gasteiger partial charge in [0, 0.05) is 4.90 Å². The standard InChI is InChI=1S/C12H15FO3S/c1-4-16-10-6-5-8(7-9(10)13)17-12(2,3)11(14)15/h5-7H,4H2,1-3H3,(H,14,15). The lowest BCUT2D eigenvalue weighted by molar-refractivity contribution is -0.138. The first-order valence-electron chi connectivity index (χ1n) is 5.21. The van der Waals surface area contributed by atoms with Gasteiger partial charge in [0.1, 0.15) is 4.75 Å². The molecule has 0 aliphatic rings. The van der Waals surface area contributed by atoms with Gasteiger partial charge in [0.15, 0.2) is 11.6 Å². The normalized spacial score (nSPS) is 11.3. The number of carbonyl (C=O) groups is 1. The molecular formula is C12H15FO3S. The van der Waals surface area contributed by atoms with E-state index in [0.717, 1.165) is 11.8 Å². The Morgan fingerprint density at radius 2 is 2.18 bits per heavy atom. The summed E-state index contributed by atoms with van der Waals surface area (Å²) >= 11 is 1.10. The summed E-state index contributed by atoms with van der Waals surface area (Å²) in [7, 11) is 0. The maximum atomic E-state index is 13.5. The lowest BCUT2D eigenvalue weighted by atomic mass is 10.2. The van der Waals surface area contributed by atoms with Crippen molar-refractivity contribution in [1.82, 2.24) is 0 Å². The molecule has 0 atom stereocenters. The molecule has 0 amide bonds. The molecule has 5 heteroatoms. The molecule has 3 nitrogen and oxygen atoms in total. The Bertz CT molecular complexity index is 418. The molecule has 0 aliphatic heterocycles. The summed E-state index contributed by atoms with van der Waals surface area (Å²) in [4.78, 5) is 11.5. The van der Waals surface area contributed by atoms with Gasteiger partial charge in [-0.2, -0.15) is 0 Å². The van der Waals surface area contributed by atoms with Gasteiger partial charge < -0.3 is 9.84 Å². The number of thioether (sulfide) groups is 1. The topological polar surface area (TPSA) is 46.5 Å². The molecule has 0 aliphatic carbocycles. The van der Waals surface area contributed by atoms with Gasteiger partial charge in [0.05, 0.1) is 6.61 Å². The van der Waals surface area contributed by atoms with Crippen LogP contribution in [-0.2, 0) is 4.79 Å². The van der Waals surface area contributed by atoms with E-state index < -0.39 is 16.5 Å². The second kappa shape index (κ2) is 5.40. The molecule has 0 fully saturated rings. The van der Waals surface area contributed by atoms with Crippen molar-refractivity contribution < 1.29 is 19.0 Å². The number of aliphatic carboxylic acids is 1. The van der Waals surface area contributed by atoms with Gasteiger partial charge in [-0.1, -0.05) is 0 Å². The number of hydrogen-bond donors (Lipinski definition) is 1. The Labute approximate surface area is 104 Å². The van der Waals surface area contributed by atoms with Crippen molar-refractivity contribution in [2.24, 2.45) is 0 Å². The van der Waals surface area contributed by atoms with Crippen molar-refractivity contribution in [1.29, 1.82) is 0 Å². The maximum Gasteiger partial charge on any atom is 0.319 e. The van der Waals surface area contributed by atoms with E-state index in [2.05, 4.69) is 0 Å². The minimum absolute atomic E-state index is 0.185. The van der Waals surface area contributed by atoms with Crippen molar-refractivity contribution in [2.75, 3.05) is 6.61 Å². The van der Waals surface area contributed by atoms with E-state index in [1.165, 1.54) is 12.1 Å². The fraction of sp³-hybridized carbons (Fsp3) is 0.417. The van der Waals surface area contributed by atoms with Crippen molar-refractivity contribution in [2.45, 2.75) is 30.4 Å². The fourth-order valence-corrected chi connectivity index (χ4v) is 2.13. The molecule has 1 aromatic carbocycles. The summed E-state index contributed by atoms with van der Waals surface area (Å²) in [6, 6.07) is 4.46. The molecule has 0 bridgehead atoms. The predicted molar refractivity (Wildman–Crippen MR) is 65.1 cm³/mol. The van der Waals surface area contributed by atoms with Gasteiger partial charge in [0.2, 0.25) is 0 Å². The number of benzene rings is 1. The van der Waals surface area contributed by atoms with Crippen molar-refractivity contribution in [3.05, 3.63) is 24.0 Å². The summed E-state index contributed by atoms with van der Waals surface area (Å²) < 4.78 is 17.6. The third kappa shape index (κ3) is 3.63. The summed E-state index contributed by atoms with van der Waals surface area (Å²) in [5, 5.41) is 8.97. The Morgan fingerprint density at radius 1 is 1.53 bits per heavy atom. The molecule has 0 radical (unpaired) electrons. The minimum atomic E-state index is -0.987. The van der Waals surface area contributed by atoms with Gasteiger partial charge in [-0.05, 0) is 39.0 Å². The Kier molecular flexibility index (Phi) is 4.40. The van der Waals surface area contributed by atoms with Crippen LogP contribution in [0.5, 0.6) is 5.75 Å². The predicted octanol–water partition coefficient (Wildman–Crippen LogP) is 3.18. The van der Waals surface area contributed by atoms with E-state index in [1.807, 2.05) is 0 Å². The van der Waals surface area contributed by atoms with E-state index in [0.29, 0.717) is 11.5 Å². The van der Waals surface area contributed by atoms with Gasteiger partial charge in [-0.15, -0.1) is 11.8 Å². The quantitative estimate of drug-likeness (QED) is 0.824. The average Bonchev–Trinajstić information content (AvgIpc) is 2.21. The fourth-order valence-electron chi connectivity index (χ4n) is 1.16. The molecule has 0 heterocycles. The molecule has 94 valence electrons. The van der Waals surface area contributed by atoms with E-state index >= 15 is 0 Å². The highest BCUT2D eigenvalue weighted by molar-refractivity contribution is 8.01. The summed E-state index contributed by atoms with van der Waals surface area (Å²) in [6.07, 6.45) is 0. The summed E-state index contributed by atoms with van der Waals surface area (Å²) in [6.45, 7) is 5.32. The second-order valence-corrected chi connectivity index (χ2v) is 5.64. The molecule has 1 aromatic rings. The number of ether oxygens (including phenoxy) is 1. The van der Waals surface area contributed by atoms with Crippen molar-refractivity contribution >= 4 is 17.7 Å². The molecule has 0 saturated carbocycles. The number of halogens is 1. The zero-order valence-corrected chi connectivity index (χ0v) is 10.8. The number of hydrogen-bond acceptors (Lipinski definition) is 3. The largest absolute Gasteiger partial charge is 0.491 e. The van der Waals surface area contributed by atoms with Crippen LogP contribution in [0.25, 0.3) is 0 Å². The molecular weight excluding hydrogens is 243 g/mol. The van der Waals surface area contributed by atoms with Gasteiger partial charge in [-0.25, -0.2) is 4.39 Å². The van der Waals surface area contributed by atoms with Crippen LogP contribution >= 0.6 is 11.8 Å². The molecule has 0 unspecified atom stereocenters. The summed E-state index contributed by atoms with van der Waals surface area (Å²) in [5.41, 5.74) is 0. The monoisotopic (exact) mass is 258 g/mol. The first-order valence-corrected chi connectivity index (χ1v) is 6.03. The van der Waals surface area contributed by atoms with Gasteiger partial charge >= 0.3 is 5.97 Å². The van der Waals surface area contributed by atoms with Crippen LogP contribution in [0.2, 0.25) is 0 Å². The molecule has 17 heavy (non-hydrogen) atoms. The van der Waals surface area contributed by atoms with Crippen molar-refractivity contribution in [3.8, 4) is 5.75 Å². The molecule has 0 spiro atoms. The zero-order valence-electron chi connectivity index (χ0n) is 9.99. The van der Waals surface area contributed by atoms with Crippen LogP contribution in [-0.4, -0.2) is 22.4 Å². The highest BCUT2D eigenvalue weighted by Crippen LogP contribution is 2.34. The minimum Gasteiger partial charge on any atom is -0.491 e. The average molecular weight is 258 g/mol. The van der Waals surface area contributed by atoms with Gasteiger partial charge in [0.25, 0.3) is 0 Å². The van der Waals surface area contributed by atoms with Crippen LogP contribution in [0, 0.1) is 5.82 Å². The van der Waals surface area contributed by atoms with E-state index in [1.54, 1.807) is 26.8 Å². The Balaban J connectivity index is 2.87. The number of carboxylic acids is 1. The lowest BCUT2D eigenvalue weighted by Crippen LogP contribution is -2.26. The van der Waals surface area contributed by atoms with E-state index in [4.69, 9.17) is 9.84 Å². The number of rotatable bonds is 5. The Morgan fingerprint density at radius 3 is 2.65 bits per heavy atom.